The summed E-state index contributed by atoms with van der Waals surface area (Å²) in [6, 6.07) is 6.62. The predicted octanol–water partition coefficient (Wildman–Crippen LogP) is 3.83. The zero-order valence-corrected chi connectivity index (χ0v) is 17.9. The highest BCUT2D eigenvalue weighted by molar-refractivity contribution is 7.89. The molecule has 3 rings (SSSR count). The molecule has 0 aliphatic rings. The van der Waals surface area contributed by atoms with Crippen LogP contribution in [-0.2, 0) is 10.0 Å². The van der Waals surface area contributed by atoms with E-state index >= 15 is 0 Å². The van der Waals surface area contributed by atoms with Crippen molar-refractivity contribution in [1.29, 1.82) is 0 Å². The fourth-order valence-corrected chi connectivity index (χ4v) is 4.50. The van der Waals surface area contributed by atoms with Gasteiger partial charge in [-0.25, -0.2) is 17.7 Å². The van der Waals surface area contributed by atoms with Gasteiger partial charge in [0.2, 0.25) is 10.0 Å². The van der Waals surface area contributed by atoms with Crippen LogP contribution < -0.4 is 5.32 Å². The first kappa shape index (κ1) is 20.2. The summed E-state index contributed by atoms with van der Waals surface area (Å²) < 4.78 is 31.5. The van der Waals surface area contributed by atoms with E-state index in [0.717, 1.165) is 20.3 Å². The van der Waals surface area contributed by atoms with E-state index < -0.39 is 15.9 Å². The molecule has 2 aromatic heterocycles. The van der Waals surface area contributed by atoms with E-state index in [-0.39, 0.29) is 10.6 Å². The van der Waals surface area contributed by atoms with E-state index in [0.29, 0.717) is 16.5 Å². The van der Waals surface area contributed by atoms with Crippen molar-refractivity contribution >= 4 is 33.0 Å². The van der Waals surface area contributed by atoms with Gasteiger partial charge < -0.3 is 9.73 Å². The van der Waals surface area contributed by atoms with Gasteiger partial charge >= 0.3 is 0 Å². The number of benzene rings is 1. The van der Waals surface area contributed by atoms with E-state index in [2.05, 4.69) is 10.3 Å². The van der Waals surface area contributed by atoms with Crippen molar-refractivity contribution in [3.8, 4) is 10.8 Å². The van der Waals surface area contributed by atoms with Crippen molar-refractivity contribution in [3.63, 3.8) is 0 Å². The van der Waals surface area contributed by atoms with Crippen LogP contribution in [0.25, 0.3) is 10.8 Å². The summed E-state index contributed by atoms with van der Waals surface area (Å²) in [5.74, 6) is 0.201. The lowest BCUT2D eigenvalue weighted by Gasteiger charge is -2.16. The quantitative estimate of drug-likeness (QED) is 0.678. The molecule has 1 aromatic carbocycles. The number of nitrogens with one attached hydrogen (secondary N) is 1. The minimum absolute atomic E-state index is 0.127. The Morgan fingerprint density at radius 1 is 1.21 bits per heavy atom. The Balaban J connectivity index is 1.96. The number of carbonyl (C=O) groups excluding carboxylic acids is 1. The van der Waals surface area contributed by atoms with Crippen molar-refractivity contribution in [3.05, 3.63) is 52.2 Å². The second kappa shape index (κ2) is 7.50. The monoisotopic (exact) mass is 419 g/mol. The van der Waals surface area contributed by atoms with Crippen LogP contribution in [0.4, 0.5) is 5.69 Å². The van der Waals surface area contributed by atoms with Crippen molar-refractivity contribution in [2.75, 3.05) is 19.4 Å². The third-order valence-corrected chi connectivity index (χ3v) is 7.19. The van der Waals surface area contributed by atoms with Crippen LogP contribution in [0.1, 0.15) is 26.5 Å². The van der Waals surface area contributed by atoms with Gasteiger partial charge in [-0.2, -0.15) is 0 Å². The first-order chi connectivity index (χ1) is 13.1. The molecule has 0 radical (unpaired) electrons. The molecule has 3 aromatic rings. The van der Waals surface area contributed by atoms with E-state index in [4.69, 9.17) is 4.42 Å². The number of carbonyl (C=O) groups is 1. The normalized spacial score (nSPS) is 11.8. The summed E-state index contributed by atoms with van der Waals surface area (Å²) in [6.45, 7) is 5.45. The fourth-order valence-electron chi connectivity index (χ4n) is 2.61. The van der Waals surface area contributed by atoms with Crippen LogP contribution in [0.5, 0.6) is 0 Å². The molecule has 0 unspecified atom stereocenters. The molecule has 0 aliphatic heterocycles. The molecule has 0 fully saturated rings. The highest BCUT2D eigenvalue weighted by atomic mass is 32.2. The summed E-state index contributed by atoms with van der Waals surface area (Å²) in [7, 11) is -0.677. The lowest BCUT2D eigenvalue weighted by Crippen LogP contribution is -2.23. The lowest BCUT2D eigenvalue weighted by atomic mass is 10.1. The third-order valence-electron chi connectivity index (χ3n) is 4.41. The smallest absolute Gasteiger partial charge is 0.275 e. The van der Waals surface area contributed by atoms with Crippen LogP contribution in [0.3, 0.4) is 0 Å². The molecule has 7 nitrogen and oxygen atoms in total. The number of sulfonamides is 1. The Morgan fingerprint density at radius 3 is 2.54 bits per heavy atom. The number of aryl methyl sites for hydroxylation is 2. The average molecular weight is 420 g/mol. The topological polar surface area (TPSA) is 92.5 Å². The van der Waals surface area contributed by atoms with Gasteiger partial charge in [0, 0.05) is 24.7 Å². The lowest BCUT2D eigenvalue weighted by molar-refractivity contribution is 0.102. The van der Waals surface area contributed by atoms with Gasteiger partial charge in [-0.3, -0.25) is 4.79 Å². The summed E-state index contributed by atoms with van der Waals surface area (Å²) in [6.07, 6.45) is 1.55. The first-order valence-corrected chi connectivity index (χ1v) is 10.7. The Morgan fingerprint density at radius 2 is 1.93 bits per heavy atom. The Hall–Kier alpha value is -2.49. The van der Waals surface area contributed by atoms with Gasteiger partial charge in [-0.15, -0.1) is 11.3 Å². The molecule has 148 valence electrons. The van der Waals surface area contributed by atoms with Gasteiger partial charge in [0.25, 0.3) is 5.91 Å². The molecule has 9 heteroatoms. The van der Waals surface area contributed by atoms with E-state index in [1.165, 1.54) is 31.5 Å². The van der Waals surface area contributed by atoms with Crippen molar-refractivity contribution in [1.82, 2.24) is 9.29 Å². The van der Waals surface area contributed by atoms with Crippen LogP contribution >= 0.6 is 11.3 Å². The number of aromatic nitrogens is 1. The third kappa shape index (κ3) is 3.73. The van der Waals surface area contributed by atoms with Crippen LogP contribution in [-0.4, -0.2) is 37.7 Å². The predicted molar refractivity (Wildman–Crippen MR) is 109 cm³/mol. The molecule has 2 heterocycles. The summed E-state index contributed by atoms with van der Waals surface area (Å²) in [5.41, 5.74) is 2.29. The van der Waals surface area contributed by atoms with Crippen molar-refractivity contribution in [2.45, 2.75) is 25.7 Å². The number of hydrogen-bond donors (Lipinski definition) is 1. The SMILES string of the molecule is Cc1cc(S(=O)(=O)N(C)C)cc(NC(=O)c2nc(-c3ccco3)sc2C)c1C. The van der Waals surface area contributed by atoms with Crippen LogP contribution in [0.15, 0.2) is 39.8 Å². The largest absolute Gasteiger partial charge is 0.462 e. The van der Waals surface area contributed by atoms with E-state index in [1.807, 2.05) is 20.8 Å². The van der Waals surface area contributed by atoms with Crippen molar-refractivity contribution < 1.29 is 17.6 Å². The van der Waals surface area contributed by atoms with Crippen LogP contribution in [0, 0.1) is 20.8 Å². The molecule has 0 atom stereocenters. The summed E-state index contributed by atoms with van der Waals surface area (Å²) in [4.78, 5) is 18.1. The average Bonchev–Trinajstić information content (AvgIpc) is 3.27. The minimum Gasteiger partial charge on any atom is -0.462 e. The number of hydrogen-bond acceptors (Lipinski definition) is 6. The molecular formula is C19H21N3O4S2. The Bertz CT molecular complexity index is 1130. The second-order valence-corrected chi connectivity index (χ2v) is 9.91. The molecule has 0 bridgehead atoms. The zero-order chi connectivity index (χ0) is 20.6. The van der Waals surface area contributed by atoms with Gasteiger partial charge in [0.15, 0.2) is 10.8 Å². The minimum atomic E-state index is -3.62. The first-order valence-electron chi connectivity index (χ1n) is 8.47. The second-order valence-electron chi connectivity index (χ2n) is 6.56. The number of anilines is 1. The molecule has 28 heavy (non-hydrogen) atoms. The van der Waals surface area contributed by atoms with Gasteiger partial charge in [-0.05, 0) is 56.2 Å². The maximum absolute atomic E-state index is 12.8. The Labute approximate surface area is 168 Å². The van der Waals surface area contributed by atoms with E-state index in [1.54, 1.807) is 24.5 Å². The molecule has 1 N–H and O–H groups in total. The Kier molecular flexibility index (Phi) is 5.42. The number of nitrogens with zero attached hydrogens (tertiary/aromatic N) is 2. The van der Waals surface area contributed by atoms with Gasteiger partial charge in [0.1, 0.15) is 5.69 Å². The zero-order valence-electron chi connectivity index (χ0n) is 16.2. The number of rotatable bonds is 5. The molecule has 0 saturated carbocycles. The standard InChI is InChI=1S/C19H21N3O4S2/c1-11-9-14(28(24,25)22(4)5)10-15(12(11)2)20-18(23)17-13(3)27-19(21-17)16-7-6-8-26-16/h6-10H,1-5H3,(H,20,23). The highest BCUT2D eigenvalue weighted by Gasteiger charge is 2.22. The molecule has 0 spiro atoms. The maximum atomic E-state index is 12.8. The van der Waals surface area contributed by atoms with Gasteiger partial charge in [-0.1, -0.05) is 0 Å². The fraction of sp³-hybridized carbons (Fsp3) is 0.263. The number of furan rings is 1. The van der Waals surface area contributed by atoms with Crippen molar-refractivity contribution in [2.24, 2.45) is 0 Å². The summed E-state index contributed by atoms with van der Waals surface area (Å²) >= 11 is 1.36. The molecular weight excluding hydrogens is 398 g/mol. The number of amides is 1. The van der Waals surface area contributed by atoms with Crippen LogP contribution in [0.2, 0.25) is 0 Å². The van der Waals surface area contributed by atoms with E-state index in [9.17, 15) is 13.2 Å². The number of thiazole rings is 1. The maximum Gasteiger partial charge on any atom is 0.275 e. The molecule has 0 saturated heterocycles. The summed E-state index contributed by atoms with van der Waals surface area (Å²) in [5, 5.41) is 3.43. The molecule has 0 aliphatic carbocycles. The van der Waals surface area contributed by atoms with Gasteiger partial charge in [0.05, 0.1) is 11.2 Å². The highest BCUT2D eigenvalue weighted by Crippen LogP contribution is 2.30. The molecule has 1 amide bonds.